The van der Waals surface area contributed by atoms with Gasteiger partial charge >= 0.3 is 0 Å². The number of sulfonamides is 1. The number of hydrogen-bond donors (Lipinski definition) is 1. The summed E-state index contributed by atoms with van der Waals surface area (Å²) < 4.78 is 32.4. The minimum atomic E-state index is -3.59. The number of carbonyl (C=O) groups is 1. The van der Waals surface area contributed by atoms with Crippen LogP contribution in [0.15, 0.2) is 29.2 Å². The van der Waals surface area contributed by atoms with E-state index in [0.717, 1.165) is 0 Å². The SMILES string of the molecule is CCOc1ccc(S(=O)(=O)N2CCC[C@H](C(=O)NC(C)C)C2)cc1. The quantitative estimate of drug-likeness (QED) is 0.848. The number of ether oxygens (including phenoxy) is 1. The van der Waals surface area contributed by atoms with Crippen molar-refractivity contribution in [3.63, 3.8) is 0 Å². The van der Waals surface area contributed by atoms with Crippen molar-refractivity contribution in [1.29, 1.82) is 0 Å². The van der Waals surface area contributed by atoms with Gasteiger partial charge in [0.15, 0.2) is 0 Å². The van der Waals surface area contributed by atoms with E-state index in [1.54, 1.807) is 24.3 Å². The third kappa shape index (κ3) is 4.48. The first-order valence-electron chi connectivity index (χ1n) is 8.38. The molecule has 1 amide bonds. The molecule has 0 bridgehead atoms. The Morgan fingerprint density at radius 3 is 2.58 bits per heavy atom. The van der Waals surface area contributed by atoms with Crippen LogP contribution in [0, 0.1) is 5.92 Å². The summed E-state index contributed by atoms with van der Waals surface area (Å²) in [7, 11) is -3.59. The van der Waals surface area contributed by atoms with Gasteiger partial charge in [-0.2, -0.15) is 4.31 Å². The van der Waals surface area contributed by atoms with Gasteiger partial charge in [-0.1, -0.05) is 0 Å². The predicted octanol–water partition coefficient (Wildman–Crippen LogP) is 2.01. The third-order valence-electron chi connectivity index (χ3n) is 3.96. The Bertz CT molecular complexity index is 656. The molecule has 0 aromatic heterocycles. The van der Waals surface area contributed by atoms with Crippen LogP contribution in [0.1, 0.15) is 33.6 Å². The van der Waals surface area contributed by atoms with E-state index in [1.807, 2.05) is 20.8 Å². The fourth-order valence-corrected chi connectivity index (χ4v) is 4.32. The molecule has 0 saturated carbocycles. The number of amides is 1. The van der Waals surface area contributed by atoms with E-state index < -0.39 is 10.0 Å². The molecule has 134 valence electrons. The molecule has 0 radical (unpaired) electrons. The molecule has 1 aromatic carbocycles. The van der Waals surface area contributed by atoms with Crippen LogP contribution in [0.2, 0.25) is 0 Å². The number of piperidine rings is 1. The molecular weight excluding hydrogens is 328 g/mol. The minimum absolute atomic E-state index is 0.0515. The summed E-state index contributed by atoms with van der Waals surface area (Å²) in [5.41, 5.74) is 0. The Morgan fingerprint density at radius 1 is 1.33 bits per heavy atom. The van der Waals surface area contributed by atoms with Crippen LogP contribution in [0.4, 0.5) is 0 Å². The minimum Gasteiger partial charge on any atom is -0.494 e. The highest BCUT2D eigenvalue weighted by molar-refractivity contribution is 7.89. The highest BCUT2D eigenvalue weighted by Gasteiger charge is 2.33. The van der Waals surface area contributed by atoms with E-state index in [-0.39, 0.29) is 29.3 Å². The number of benzene rings is 1. The zero-order chi connectivity index (χ0) is 17.7. The van der Waals surface area contributed by atoms with E-state index in [1.165, 1.54) is 4.31 Å². The zero-order valence-electron chi connectivity index (χ0n) is 14.5. The van der Waals surface area contributed by atoms with E-state index in [2.05, 4.69) is 5.32 Å². The average Bonchev–Trinajstić information content (AvgIpc) is 2.55. The largest absolute Gasteiger partial charge is 0.494 e. The van der Waals surface area contributed by atoms with Crippen molar-refractivity contribution in [3.05, 3.63) is 24.3 Å². The van der Waals surface area contributed by atoms with Gasteiger partial charge in [0.25, 0.3) is 0 Å². The summed E-state index contributed by atoms with van der Waals surface area (Å²) in [5, 5.41) is 2.87. The molecule has 0 spiro atoms. The van der Waals surface area contributed by atoms with E-state index in [9.17, 15) is 13.2 Å². The Balaban J connectivity index is 2.12. The standard InChI is InChI=1S/C17H26N2O4S/c1-4-23-15-7-9-16(10-8-15)24(21,22)19-11-5-6-14(12-19)17(20)18-13(2)3/h7-10,13-14H,4-6,11-12H2,1-3H3,(H,18,20)/t14-/m0/s1. The first-order chi connectivity index (χ1) is 11.3. The monoisotopic (exact) mass is 354 g/mol. The number of hydrogen-bond acceptors (Lipinski definition) is 4. The molecule has 1 atom stereocenters. The normalized spacial score (nSPS) is 19.2. The molecule has 1 aliphatic heterocycles. The molecule has 6 nitrogen and oxygen atoms in total. The summed E-state index contributed by atoms with van der Waals surface area (Å²) in [6.07, 6.45) is 1.40. The summed E-state index contributed by atoms with van der Waals surface area (Å²) in [6, 6.07) is 6.47. The van der Waals surface area contributed by atoms with Gasteiger partial charge < -0.3 is 10.1 Å². The maximum absolute atomic E-state index is 12.8. The first-order valence-corrected chi connectivity index (χ1v) is 9.82. The second-order valence-corrected chi connectivity index (χ2v) is 8.21. The lowest BCUT2D eigenvalue weighted by molar-refractivity contribution is -0.126. The number of rotatable bonds is 6. The number of carbonyl (C=O) groups excluding carboxylic acids is 1. The second kappa shape index (κ2) is 7.98. The summed E-state index contributed by atoms with van der Waals surface area (Å²) in [5.74, 6) is 0.277. The Labute approximate surface area is 144 Å². The third-order valence-corrected chi connectivity index (χ3v) is 5.84. The van der Waals surface area contributed by atoms with Crippen molar-refractivity contribution in [2.24, 2.45) is 5.92 Å². The summed E-state index contributed by atoms with van der Waals surface area (Å²) in [4.78, 5) is 12.4. The lowest BCUT2D eigenvalue weighted by atomic mass is 9.98. The molecule has 1 aliphatic rings. The lowest BCUT2D eigenvalue weighted by Gasteiger charge is -2.31. The Kier molecular flexibility index (Phi) is 6.23. The molecule has 1 fully saturated rings. The molecule has 1 heterocycles. The zero-order valence-corrected chi connectivity index (χ0v) is 15.3. The van der Waals surface area contributed by atoms with Gasteiger partial charge in [-0.05, 0) is 57.9 Å². The van der Waals surface area contributed by atoms with Gasteiger partial charge in [0.1, 0.15) is 5.75 Å². The van der Waals surface area contributed by atoms with Crippen LogP contribution < -0.4 is 10.1 Å². The molecule has 24 heavy (non-hydrogen) atoms. The van der Waals surface area contributed by atoms with Gasteiger partial charge in [0.05, 0.1) is 17.4 Å². The first kappa shape index (κ1) is 18.7. The molecule has 2 rings (SSSR count). The summed E-state index contributed by atoms with van der Waals surface area (Å²) >= 11 is 0. The molecular formula is C17H26N2O4S. The van der Waals surface area contributed by atoms with Crippen molar-refractivity contribution in [2.45, 2.75) is 44.6 Å². The van der Waals surface area contributed by atoms with Crippen LogP contribution >= 0.6 is 0 Å². The highest BCUT2D eigenvalue weighted by Crippen LogP contribution is 2.25. The lowest BCUT2D eigenvalue weighted by Crippen LogP contribution is -2.46. The summed E-state index contributed by atoms with van der Waals surface area (Å²) in [6.45, 7) is 6.88. The Hall–Kier alpha value is -1.60. The van der Waals surface area contributed by atoms with Crippen LogP contribution in [0.25, 0.3) is 0 Å². The number of nitrogens with one attached hydrogen (secondary N) is 1. The predicted molar refractivity (Wildman–Crippen MR) is 92.4 cm³/mol. The second-order valence-electron chi connectivity index (χ2n) is 6.27. The van der Waals surface area contributed by atoms with Crippen LogP contribution in [0.3, 0.4) is 0 Å². The van der Waals surface area contributed by atoms with Crippen molar-refractivity contribution in [3.8, 4) is 5.75 Å². The fraction of sp³-hybridized carbons (Fsp3) is 0.588. The van der Waals surface area contributed by atoms with Gasteiger partial charge in [-0.15, -0.1) is 0 Å². The van der Waals surface area contributed by atoms with E-state index in [4.69, 9.17) is 4.74 Å². The van der Waals surface area contributed by atoms with E-state index >= 15 is 0 Å². The van der Waals surface area contributed by atoms with Gasteiger partial charge in [-0.3, -0.25) is 4.79 Å². The van der Waals surface area contributed by atoms with Crippen molar-refractivity contribution in [1.82, 2.24) is 9.62 Å². The highest BCUT2D eigenvalue weighted by atomic mass is 32.2. The van der Waals surface area contributed by atoms with Gasteiger partial charge in [0.2, 0.25) is 15.9 Å². The topological polar surface area (TPSA) is 75.7 Å². The molecule has 7 heteroatoms. The maximum Gasteiger partial charge on any atom is 0.243 e. The van der Waals surface area contributed by atoms with Crippen molar-refractivity contribution in [2.75, 3.05) is 19.7 Å². The fourth-order valence-electron chi connectivity index (χ4n) is 2.80. The van der Waals surface area contributed by atoms with Crippen molar-refractivity contribution >= 4 is 15.9 Å². The molecule has 0 unspecified atom stereocenters. The Morgan fingerprint density at radius 2 is 2.00 bits per heavy atom. The average molecular weight is 354 g/mol. The van der Waals surface area contributed by atoms with Gasteiger partial charge in [-0.25, -0.2) is 8.42 Å². The van der Waals surface area contributed by atoms with Gasteiger partial charge in [0, 0.05) is 19.1 Å². The van der Waals surface area contributed by atoms with E-state index in [0.29, 0.717) is 31.7 Å². The smallest absolute Gasteiger partial charge is 0.243 e. The molecule has 1 N–H and O–H groups in total. The van der Waals surface area contributed by atoms with Crippen LogP contribution in [-0.2, 0) is 14.8 Å². The van der Waals surface area contributed by atoms with Crippen LogP contribution in [-0.4, -0.2) is 44.4 Å². The molecule has 1 saturated heterocycles. The van der Waals surface area contributed by atoms with Crippen LogP contribution in [0.5, 0.6) is 5.75 Å². The number of nitrogens with zero attached hydrogens (tertiary/aromatic N) is 1. The molecule has 0 aliphatic carbocycles. The molecule has 1 aromatic rings. The van der Waals surface area contributed by atoms with Crippen molar-refractivity contribution < 1.29 is 17.9 Å². The maximum atomic E-state index is 12.8.